The first-order valence-corrected chi connectivity index (χ1v) is 6.49. The van der Waals surface area contributed by atoms with Gasteiger partial charge in [0, 0.05) is 17.0 Å². The molecule has 0 spiro atoms. The molecule has 0 aliphatic carbocycles. The topological polar surface area (TPSA) is 55.4 Å². The van der Waals surface area contributed by atoms with Crippen LogP contribution in [0.2, 0.25) is 10.0 Å². The molecule has 0 saturated carbocycles. The molecule has 104 valence electrons. The molecule has 6 heteroatoms. The van der Waals surface area contributed by atoms with Crippen LogP contribution in [0.5, 0.6) is 0 Å². The highest BCUT2D eigenvalue weighted by Crippen LogP contribution is 2.26. The summed E-state index contributed by atoms with van der Waals surface area (Å²) in [6.07, 6.45) is -0.842. The zero-order valence-corrected chi connectivity index (χ0v) is 12.4. The van der Waals surface area contributed by atoms with Gasteiger partial charge in [-0.2, -0.15) is 0 Å². The summed E-state index contributed by atoms with van der Waals surface area (Å²) in [4.78, 5) is 22.6. The van der Waals surface area contributed by atoms with Crippen molar-refractivity contribution in [1.29, 1.82) is 0 Å². The number of nitrogens with one attached hydrogen (secondary N) is 1. The van der Waals surface area contributed by atoms with Crippen LogP contribution in [0.4, 0.5) is 0 Å². The van der Waals surface area contributed by atoms with Crippen molar-refractivity contribution < 1.29 is 14.3 Å². The number of rotatable bonds is 4. The van der Waals surface area contributed by atoms with Crippen LogP contribution < -0.4 is 5.32 Å². The molecular weight excluding hydrogens is 289 g/mol. The van der Waals surface area contributed by atoms with Gasteiger partial charge in [0.2, 0.25) is 0 Å². The number of esters is 1. The first-order chi connectivity index (χ1) is 8.81. The fraction of sp³-hybridized carbons (Fsp3) is 0.385. The van der Waals surface area contributed by atoms with E-state index >= 15 is 0 Å². The van der Waals surface area contributed by atoms with Gasteiger partial charge >= 0.3 is 5.97 Å². The molecule has 1 amide bonds. The van der Waals surface area contributed by atoms with Crippen LogP contribution in [0, 0.1) is 0 Å². The molecule has 0 aliphatic rings. The second kappa shape index (κ2) is 6.78. The lowest BCUT2D eigenvalue weighted by Crippen LogP contribution is -2.37. The quantitative estimate of drug-likeness (QED) is 0.870. The average Bonchev–Trinajstić information content (AvgIpc) is 2.27. The smallest absolute Gasteiger partial charge is 0.303 e. The Bertz CT molecular complexity index is 491. The molecule has 0 radical (unpaired) electrons. The number of hydrogen-bond acceptors (Lipinski definition) is 3. The standard InChI is InChI=1S/C13H15Cl2NO3/c1-7(11-5-4-10(14)6-12(11)15)16-13(18)8(2)19-9(3)17/h4-8H,1-3H3,(H,16,18)/t7-,8+/m0/s1. The van der Waals surface area contributed by atoms with Crippen LogP contribution in [-0.2, 0) is 14.3 Å². The zero-order valence-electron chi connectivity index (χ0n) is 10.9. The molecule has 0 bridgehead atoms. The third kappa shape index (κ3) is 4.73. The number of ether oxygens (including phenoxy) is 1. The summed E-state index contributed by atoms with van der Waals surface area (Å²) in [5.41, 5.74) is 0.745. The molecule has 4 nitrogen and oxygen atoms in total. The molecule has 1 N–H and O–H groups in total. The van der Waals surface area contributed by atoms with Crippen molar-refractivity contribution in [1.82, 2.24) is 5.32 Å². The monoisotopic (exact) mass is 303 g/mol. The van der Waals surface area contributed by atoms with Gasteiger partial charge in [-0.05, 0) is 31.5 Å². The highest BCUT2D eigenvalue weighted by Gasteiger charge is 2.19. The molecular formula is C13H15Cl2NO3. The van der Waals surface area contributed by atoms with E-state index in [0.717, 1.165) is 5.56 Å². The predicted molar refractivity (Wildman–Crippen MR) is 74.2 cm³/mol. The third-order valence-electron chi connectivity index (χ3n) is 2.50. The normalized spacial score (nSPS) is 13.5. The molecule has 0 saturated heterocycles. The second-order valence-electron chi connectivity index (χ2n) is 4.15. The van der Waals surface area contributed by atoms with Crippen LogP contribution in [0.15, 0.2) is 18.2 Å². The second-order valence-corrected chi connectivity index (χ2v) is 4.99. The minimum atomic E-state index is -0.842. The van der Waals surface area contributed by atoms with Crippen LogP contribution in [0.25, 0.3) is 0 Å². The van der Waals surface area contributed by atoms with Crippen molar-refractivity contribution in [2.75, 3.05) is 0 Å². The molecule has 0 aliphatic heterocycles. The van der Waals surface area contributed by atoms with Gasteiger partial charge in [0.05, 0.1) is 6.04 Å². The summed E-state index contributed by atoms with van der Waals surface area (Å²) in [5.74, 6) is -0.881. The maximum absolute atomic E-state index is 11.8. The SMILES string of the molecule is CC(=O)O[C@H](C)C(=O)N[C@@H](C)c1ccc(Cl)cc1Cl. The molecule has 1 aromatic carbocycles. The van der Waals surface area contributed by atoms with E-state index in [-0.39, 0.29) is 11.9 Å². The summed E-state index contributed by atoms with van der Waals surface area (Å²) >= 11 is 11.9. The van der Waals surface area contributed by atoms with Crippen molar-refractivity contribution in [3.63, 3.8) is 0 Å². The van der Waals surface area contributed by atoms with E-state index in [4.69, 9.17) is 27.9 Å². The van der Waals surface area contributed by atoms with E-state index < -0.39 is 12.1 Å². The van der Waals surface area contributed by atoms with Gasteiger partial charge in [0.15, 0.2) is 6.10 Å². The van der Waals surface area contributed by atoms with Crippen molar-refractivity contribution in [2.24, 2.45) is 0 Å². The number of hydrogen-bond donors (Lipinski definition) is 1. The predicted octanol–water partition coefficient (Wildman–Crippen LogP) is 3.12. The minimum Gasteiger partial charge on any atom is -0.453 e. The molecule has 1 rings (SSSR count). The van der Waals surface area contributed by atoms with Crippen LogP contribution in [-0.4, -0.2) is 18.0 Å². The van der Waals surface area contributed by atoms with Gasteiger partial charge in [0.1, 0.15) is 0 Å². The fourth-order valence-electron chi connectivity index (χ4n) is 1.56. The Kier molecular flexibility index (Phi) is 5.63. The molecule has 1 aromatic rings. The Morgan fingerprint density at radius 3 is 2.42 bits per heavy atom. The van der Waals surface area contributed by atoms with E-state index in [2.05, 4.69) is 5.32 Å². The van der Waals surface area contributed by atoms with E-state index in [0.29, 0.717) is 10.0 Å². The third-order valence-corrected chi connectivity index (χ3v) is 3.06. The van der Waals surface area contributed by atoms with Gasteiger partial charge in [-0.15, -0.1) is 0 Å². The molecule has 19 heavy (non-hydrogen) atoms. The van der Waals surface area contributed by atoms with Crippen molar-refractivity contribution in [3.05, 3.63) is 33.8 Å². The van der Waals surface area contributed by atoms with Crippen molar-refractivity contribution >= 4 is 35.1 Å². The zero-order chi connectivity index (χ0) is 14.6. The average molecular weight is 304 g/mol. The van der Waals surface area contributed by atoms with Crippen LogP contribution in [0.1, 0.15) is 32.4 Å². The lowest BCUT2D eigenvalue weighted by atomic mass is 10.1. The Morgan fingerprint density at radius 2 is 1.89 bits per heavy atom. The highest BCUT2D eigenvalue weighted by molar-refractivity contribution is 6.35. The van der Waals surface area contributed by atoms with E-state index in [1.807, 2.05) is 0 Å². The molecule has 0 aromatic heterocycles. The lowest BCUT2D eigenvalue weighted by Gasteiger charge is -2.18. The van der Waals surface area contributed by atoms with Gasteiger partial charge in [-0.3, -0.25) is 9.59 Å². The van der Waals surface area contributed by atoms with Crippen molar-refractivity contribution in [3.8, 4) is 0 Å². The molecule has 2 atom stereocenters. The number of amides is 1. The van der Waals surface area contributed by atoms with Crippen molar-refractivity contribution in [2.45, 2.75) is 32.9 Å². The Morgan fingerprint density at radius 1 is 1.26 bits per heavy atom. The summed E-state index contributed by atoms with van der Waals surface area (Å²) in [6, 6.07) is 4.74. The Hall–Kier alpha value is -1.26. The van der Waals surface area contributed by atoms with E-state index in [1.54, 1.807) is 25.1 Å². The number of carbonyl (C=O) groups excluding carboxylic acids is 2. The molecule has 0 unspecified atom stereocenters. The van der Waals surface area contributed by atoms with E-state index in [1.165, 1.54) is 13.8 Å². The van der Waals surface area contributed by atoms with Crippen LogP contribution >= 0.6 is 23.2 Å². The molecule has 0 fully saturated rings. The Balaban J connectivity index is 2.71. The fourth-order valence-corrected chi connectivity index (χ4v) is 2.14. The summed E-state index contributed by atoms with van der Waals surface area (Å²) in [6.45, 7) is 4.55. The maximum Gasteiger partial charge on any atom is 0.303 e. The number of halogens is 2. The largest absolute Gasteiger partial charge is 0.453 e. The highest BCUT2D eigenvalue weighted by atomic mass is 35.5. The number of benzene rings is 1. The first kappa shape index (κ1) is 15.8. The molecule has 0 heterocycles. The maximum atomic E-state index is 11.8. The summed E-state index contributed by atoms with van der Waals surface area (Å²) in [5, 5.41) is 3.72. The summed E-state index contributed by atoms with van der Waals surface area (Å²) in [7, 11) is 0. The van der Waals surface area contributed by atoms with Gasteiger partial charge in [-0.1, -0.05) is 29.3 Å². The first-order valence-electron chi connectivity index (χ1n) is 5.73. The van der Waals surface area contributed by atoms with Gasteiger partial charge in [0.25, 0.3) is 5.91 Å². The lowest BCUT2D eigenvalue weighted by molar-refractivity contribution is -0.152. The van der Waals surface area contributed by atoms with Gasteiger partial charge < -0.3 is 10.1 Å². The summed E-state index contributed by atoms with van der Waals surface area (Å²) < 4.78 is 4.79. The number of carbonyl (C=O) groups is 2. The van der Waals surface area contributed by atoms with E-state index in [9.17, 15) is 9.59 Å². The van der Waals surface area contributed by atoms with Gasteiger partial charge in [-0.25, -0.2) is 0 Å². The minimum absolute atomic E-state index is 0.310. The Labute approximate surface area is 122 Å². The van der Waals surface area contributed by atoms with Crippen LogP contribution in [0.3, 0.4) is 0 Å².